The summed E-state index contributed by atoms with van der Waals surface area (Å²) in [6.07, 6.45) is 0.0506. The molecule has 0 saturated carbocycles. The van der Waals surface area contributed by atoms with Gasteiger partial charge in [0.05, 0.1) is 0 Å². The van der Waals surface area contributed by atoms with E-state index in [9.17, 15) is 9.59 Å². The molecule has 0 aromatic heterocycles. The van der Waals surface area contributed by atoms with Gasteiger partial charge in [-0.15, -0.1) is 0 Å². The number of hydrogen-bond acceptors (Lipinski definition) is 4. The highest BCUT2D eigenvalue weighted by molar-refractivity contribution is 5.90. The van der Waals surface area contributed by atoms with Crippen molar-refractivity contribution in [3.8, 4) is 0 Å². The summed E-state index contributed by atoms with van der Waals surface area (Å²) in [5.41, 5.74) is 1.28. The number of aliphatic imine (C=N–C) groups is 1. The van der Waals surface area contributed by atoms with Crippen LogP contribution in [0.5, 0.6) is 0 Å². The summed E-state index contributed by atoms with van der Waals surface area (Å²) in [5, 5.41) is 11.9. The van der Waals surface area contributed by atoms with Crippen LogP contribution in [0.25, 0.3) is 0 Å². The minimum absolute atomic E-state index is 0.0140. The van der Waals surface area contributed by atoms with Gasteiger partial charge in [0, 0.05) is 38.8 Å². The van der Waals surface area contributed by atoms with Crippen LogP contribution in [0.1, 0.15) is 46.6 Å². The summed E-state index contributed by atoms with van der Waals surface area (Å²) < 4.78 is 5.18. The van der Waals surface area contributed by atoms with Crippen LogP contribution in [-0.2, 0) is 16.1 Å². The van der Waals surface area contributed by atoms with Gasteiger partial charge in [0.25, 0.3) is 0 Å². The summed E-state index contributed by atoms with van der Waals surface area (Å²) in [6.45, 7) is 11.0. The fraction of sp³-hybridized carbons (Fsp3) is 0.571. The lowest BCUT2D eigenvalue weighted by Gasteiger charge is -2.20. The fourth-order valence-electron chi connectivity index (χ4n) is 2.41. The Hall–Kier alpha value is -2.77. The van der Waals surface area contributed by atoms with Crippen molar-refractivity contribution in [3.05, 3.63) is 29.8 Å². The molecule has 0 unspecified atom stereocenters. The number of rotatable bonds is 8. The molecule has 0 fully saturated rings. The number of guanidine groups is 1. The van der Waals surface area contributed by atoms with Crippen molar-refractivity contribution < 1.29 is 14.3 Å². The molecule has 0 saturated heterocycles. The van der Waals surface area contributed by atoms with Gasteiger partial charge in [0.2, 0.25) is 5.91 Å². The molecule has 1 aromatic rings. The van der Waals surface area contributed by atoms with Crippen LogP contribution in [0.2, 0.25) is 0 Å². The third kappa shape index (κ3) is 11.6. The predicted molar refractivity (Wildman–Crippen MR) is 117 cm³/mol. The van der Waals surface area contributed by atoms with Crippen molar-refractivity contribution in [1.82, 2.24) is 16.0 Å². The first-order chi connectivity index (χ1) is 13.6. The second-order valence-corrected chi connectivity index (χ2v) is 8.13. The number of hydrogen-bond donors (Lipinski definition) is 4. The Balaban J connectivity index is 2.40. The van der Waals surface area contributed by atoms with Gasteiger partial charge in [0.1, 0.15) is 5.60 Å². The zero-order valence-electron chi connectivity index (χ0n) is 18.4. The van der Waals surface area contributed by atoms with Crippen molar-refractivity contribution in [1.29, 1.82) is 0 Å². The molecule has 29 heavy (non-hydrogen) atoms. The molecule has 0 bridgehead atoms. The number of anilines is 1. The number of carbonyl (C=O) groups is 2. The molecule has 2 amide bonds. The van der Waals surface area contributed by atoms with Crippen molar-refractivity contribution in [2.24, 2.45) is 10.9 Å². The highest BCUT2D eigenvalue weighted by atomic mass is 16.6. The van der Waals surface area contributed by atoms with Gasteiger partial charge in [-0.1, -0.05) is 26.0 Å². The van der Waals surface area contributed by atoms with Crippen LogP contribution in [-0.4, -0.2) is 43.7 Å². The SMILES string of the molecule is CN=C(NCCNC(=O)OC(C)(C)C)NCc1cccc(NC(=O)CC(C)C)c1. The topological polar surface area (TPSA) is 104 Å². The molecular weight excluding hydrogens is 370 g/mol. The fourth-order valence-corrected chi connectivity index (χ4v) is 2.41. The molecule has 0 radical (unpaired) electrons. The van der Waals surface area contributed by atoms with Gasteiger partial charge in [-0.3, -0.25) is 9.79 Å². The van der Waals surface area contributed by atoms with Crippen LogP contribution in [0.15, 0.2) is 29.3 Å². The first-order valence-corrected chi connectivity index (χ1v) is 9.89. The first-order valence-electron chi connectivity index (χ1n) is 9.89. The van der Waals surface area contributed by atoms with Crippen molar-refractivity contribution >= 4 is 23.6 Å². The van der Waals surface area contributed by atoms with E-state index in [1.54, 1.807) is 7.05 Å². The van der Waals surface area contributed by atoms with Crippen LogP contribution >= 0.6 is 0 Å². The Bertz CT molecular complexity index is 696. The molecule has 0 spiro atoms. The quantitative estimate of drug-likeness (QED) is 0.302. The highest BCUT2D eigenvalue weighted by Gasteiger charge is 2.15. The smallest absolute Gasteiger partial charge is 0.407 e. The number of carbonyl (C=O) groups excluding carboxylic acids is 2. The van der Waals surface area contributed by atoms with Crippen molar-refractivity contribution in [2.75, 3.05) is 25.5 Å². The minimum atomic E-state index is -0.516. The van der Waals surface area contributed by atoms with Gasteiger partial charge < -0.3 is 26.0 Å². The number of benzene rings is 1. The lowest BCUT2D eigenvalue weighted by Crippen LogP contribution is -2.42. The normalized spacial score (nSPS) is 11.8. The van der Waals surface area contributed by atoms with E-state index in [0.717, 1.165) is 11.3 Å². The van der Waals surface area contributed by atoms with E-state index < -0.39 is 11.7 Å². The number of amides is 2. The van der Waals surface area contributed by atoms with Gasteiger partial charge >= 0.3 is 6.09 Å². The third-order valence-corrected chi connectivity index (χ3v) is 3.57. The van der Waals surface area contributed by atoms with E-state index in [-0.39, 0.29) is 5.91 Å². The van der Waals surface area contributed by atoms with Gasteiger partial charge in [0.15, 0.2) is 5.96 Å². The molecule has 8 nitrogen and oxygen atoms in total. The summed E-state index contributed by atoms with van der Waals surface area (Å²) >= 11 is 0. The average molecular weight is 406 g/mol. The summed E-state index contributed by atoms with van der Waals surface area (Å²) in [5.74, 6) is 0.948. The van der Waals surface area contributed by atoms with Gasteiger partial charge in [-0.05, 0) is 44.4 Å². The van der Waals surface area contributed by atoms with Crippen molar-refractivity contribution in [3.63, 3.8) is 0 Å². The summed E-state index contributed by atoms with van der Waals surface area (Å²) in [4.78, 5) is 27.7. The molecular formula is C21H35N5O3. The zero-order chi connectivity index (χ0) is 21.9. The molecule has 4 N–H and O–H groups in total. The number of nitrogens with one attached hydrogen (secondary N) is 4. The molecule has 0 aliphatic rings. The summed E-state index contributed by atoms with van der Waals surface area (Å²) in [6, 6.07) is 7.69. The van der Waals surface area contributed by atoms with Crippen LogP contribution in [0.4, 0.5) is 10.5 Å². The van der Waals surface area contributed by atoms with Crippen molar-refractivity contribution in [2.45, 2.75) is 53.2 Å². The largest absolute Gasteiger partial charge is 0.444 e. The maximum absolute atomic E-state index is 11.9. The molecule has 162 valence electrons. The molecule has 1 rings (SSSR count). The van der Waals surface area contributed by atoms with E-state index in [0.29, 0.717) is 37.9 Å². The van der Waals surface area contributed by atoms with Crippen LogP contribution < -0.4 is 21.3 Å². The van der Waals surface area contributed by atoms with Crippen LogP contribution in [0.3, 0.4) is 0 Å². The second-order valence-electron chi connectivity index (χ2n) is 8.13. The molecule has 0 aliphatic heterocycles. The Morgan fingerprint density at radius 3 is 2.41 bits per heavy atom. The molecule has 0 heterocycles. The monoisotopic (exact) mass is 405 g/mol. The standard InChI is InChI=1S/C21H35N5O3/c1-15(2)12-18(27)26-17-9-7-8-16(13-17)14-25-19(22-6)23-10-11-24-20(28)29-21(3,4)5/h7-9,13,15H,10-12,14H2,1-6H3,(H,24,28)(H,26,27)(H2,22,23,25). The highest BCUT2D eigenvalue weighted by Crippen LogP contribution is 2.12. The lowest BCUT2D eigenvalue weighted by atomic mass is 10.1. The van der Waals surface area contributed by atoms with Gasteiger partial charge in [-0.25, -0.2) is 4.79 Å². The van der Waals surface area contributed by atoms with E-state index >= 15 is 0 Å². The van der Waals surface area contributed by atoms with Gasteiger partial charge in [-0.2, -0.15) is 0 Å². The number of ether oxygens (including phenoxy) is 1. The number of alkyl carbamates (subject to hydrolysis) is 1. The molecule has 0 atom stereocenters. The number of nitrogens with zero attached hydrogens (tertiary/aromatic N) is 1. The maximum Gasteiger partial charge on any atom is 0.407 e. The molecule has 0 aliphatic carbocycles. The van der Waals surface area contributed by atoms with E-state index in [1.807, 2.05) is 58.9 Å². The van der Waals surface area contributed by atoms with E-state index in [2.05, 4.69) is 26.3 Å². The van der Waals surface area contributed by atoms with Crippen LogP contribution in [0, 0.1) is 5.92 Å². The zero-order valence-corrected chi connectivity index (χ0v) is 18.4. The minimum Gasteiger partial charge on any atom is -0.444 e. The predicted octanol–water partition coefficient (Wildman–Crippen LogP) is 2.86. The maximum atomic E-state index is 11.9. The Morgan fingerprint density at radius 2 is 1.79 bits per heavy atom. The molecule has 1 aromatic carbocycles. The van der Waals surface area contributed by atoms with E-state index in [1.165, 1.54) is 0 Å². The Labute approximate surface area is 173 Å². The Morgan fingerprint density at radius 1 is 1.10 bits per heavy atom. The molecule has 8 heteroatoms. The third-order valence-electron chi connectivity index (χ3n) is 3.57. The Kier molecular flexibility index (Phi) is 9.99. The van der Waals surface area contributed by atoms with E-state index in [4.69, 9.17) is 4.74 Å². The average Bonchev–Trinajstić information content (AvgIpc) is 2.59. The summed E-state index contributed by atoms with van der Waals surface area (Å²) in [7, 11) is 1.68. The second kappa shape index (κ2) is 11.9. The lowest BCUT2D eigenvalue weighted by molar-refractivity contribution is -0.116. The first kappa shape index (κ1) is 24.3.